The third-order valence-corrected chi connectivity index (χ3v) is 8.39. The molecule has 3 aromatic heterocycles. The van der Waals surface area contributed by atoms with Crippen molar-refractivity contribution in [3.8, 4) is 10.4 Å². The van der Waals surface area contributed by atoms with Gasteiger partial charge < -0.3 is 0 Å². The second-order valence-electron chi connectivity index (χ2n) is 8.64. The summed E-state index contributed by atoms with van der Waals surface area (Å²) in [6.07, 6.45) is 7.92. The SMILES string of the molecule is Cc1ccc(-c2cncc3[nH]c(C(=N)c4cc(C5=C[I-]C=CC(NC(C)C)=C5)ccc4N)nc23)s1. The maximum atomic E-state index is 8.96. The Morgan fingerprint density at radius 1 is 1.20 bits per heavy atom. The Morgan fingerprint density at radius 2 is 2.06 bits per heavy atom. The van der Waals surface area contributed by atoms with Gasteiger partial charge in [0.05, 0.1) is 0 Å². The molecule has 0 bridgehead atoms. The Bertz CT molecular complexity index is 1520. The van der Waals surface area contributed by atoms with E-state index in [1.165, 1.54) is 4.88 Å². The van der Waals surface area contributed by atoms with E-state index in [0.29, 0.717) is 23.1 Å². The summed E-state index contributed by atoms with van der Waals surface area (Å²) in [4.78, 5) is 14.8. The van der Waals surface area contributed by atoms with Crippen LogP contribution in [0.2, 0.25) is 0 Å². The molecule has 0 atom stereocenters. The normalized spacial score (nSPS) is 13.8. The number of hydrogen-bond donors (Lipinski definition) is 4. The first-order valence-electron chi connectivity index (χ1n) is 11.3. The van der Waals surface area contributed by atoms with Crippen molar-refractivity contribution in [3.63, 3.8) is 0 Å². The van der Waals surface area contributed by atoms with Gasteiger partial charge in [-0.05, 0) is 13.0 Å². The Morgan fingerprint density at radius 3 is 2.83 bits per heavy atom. The first-order chi connectivity index (χ1) is 16.9. The second-order valence-corrected chi connectivity index (χ2v) is 12.0. The summed E-state index contributed by atoms with van der Waals surface area (Å²) in [6, 6.07) is 10.4. The van der Waals surface area contributed by atoms with Gasteiger partial charge in [-0.15, -0.1) is 0 Å². The molecule has 0 amide bonds. The number of anilines is 1. The number of aromatic amines is 1. The number of nitrogens with zero attached hydrogens (tertiary/aromatic N) is 2. The van der Waals surface area contributed by atoms with Crippen molar-refractivity contribution < 1.29 is 21.2 Å². The molecule has 35 heavy (non-hydrogen) atoms. The zero-order valence-electron chi connectivity index (χ0n) is 19.7. The van der Waals surface area contributed by atoms with Gasteiger partial charge in [0, 0.05) is 4.88 Å². The van der Waals surface area contributed by atoms with Gasteiger partial charge in [0.15, 0.2) is 0 Å². The number of pyridine rings is 1. The predicted octanol–water partition coefficient (Wildman–Crippen LogP) is 2.83. The van der Waals surface area contributed by atoms with Gasteiger partial charge in [0.25, 0.3) is 0 Å². The number of fused-ring (bicyclic) bond motifs is 1. The molecule has 4 aromatic rings. The van der Waals surface area contributed by atoms with E-state index < -0.39 is 0 Å². The predicted molar refractivity (Wildman–Crippen MR) is 142 cm³/mol. The quantitative estimate of drug-likeness (QED) is 0.157. The van der Waals surface area contributed by atoms with Crippen molar-refractivity contribution in [2.75, 3.05) is 5.73 Å². The molecule has 0 saturated heterocycles. The molecule has 1 aliphatic heterocycles. The van der Waals surface area contributed by atoms with Gasteiger partial charge in [-0.2, -0.15) is 0 Å². The molecule has 0 aliphatic carbocycles. The fourth-order valence-electron chi connectivity index (χ4n) is 3.92. The minimum atomic E-state index is -0.193. The zero-order chi connectivity index (χ0) is 24.5. The number of H-pyrrole nitrogens is 1. The molecule has 0 radical (unpaired) electrons. The number of aromatic nitrogens is 3. The number of aryl methyl sites for hydroxylation is 1. The number of benzene rings is 1. The Balaban J connectivity index is 1.52. The van der Waals surface area contributed by atoms with Gasteiger partial charge in [0.1, 0.15) is 0 Å². The number of rotatable bonds is 6. The van der Waals surface area contributed by atoms with Crippen LogP contribution in [0.1, 0.15) is 35.7 Å². The van der Waals surface area contributed by atoms with Crippen LogP contribution in [0.25, 0.3) is 27.0 Å². The number of imidazole rings is 1. The summed E-state index contributed by atoms with van der Waals surface area (Å²) in [6.45, 7) is 6.35. The topological polar surface area (TPSA) is 103 Å². The van der Waals surface area contributed by atoms with Crippen molar-refractivity contribution in [3.05, 3.63) is 90.6 Å². The fourth-order valence-corrected chi connectivity index (χ4v) is 6.52. The van der Waals surface area contributed by atoms with Crippen LogP contribution in [0.3, 0.4) is 0 Å². The van der Waals surface area contributed by atoms with Crippen LogP contribution in [-0.4, -0.2) is 26.7 Å². The van der Waals surface area contributed by atoms with E-state index >= 15 is 0 Å². The summed E-state index contributed by atoms with van der Waals surface area (Å²) in [5, 5.41) is 12.5. The van der Waals surface area contributed by atoms with E-state index in [1.54, 1.807) is 17.5 Å². The average molecular weight is 594 g/mol. The first-order valence-corrected chi connectivity index (χ1v) is 14.6. The minimum absolute atomic E-state index is 0.193. The van der Waals surface area contributed by atoms with Crippen LogP contribution >= 0.6 is 11.3 Å². The van der Waals surface area contributed by atoms with E-state index in [2.05, 4.69) is 68.5 Å². The molecular weight excluding hydrogens is 567 g/mol. The van der Waals surface area contributed by atoms with Gasteiger partial charge >= 0.3 is 202 Å². The average Bonchev–Trinajstić information content (AvgIpc) is 3.39. The number of allylic oxidation sites excluding steroid dienone is 3. The number of halogens is 1. The van der Waals surface area contributed by atoms with E-state index in [0.717, 1.165) is 38.3 Å². The molecule has 4 heterocycles. The van der Waals surface area contributed by atoms with E-state index in [9.17, 15) is 0 Å². The molecule has 5 rings (SSSR count). The Hall–Kier alpha value is -3.24. The molecule has 0 saturated carbocycles. The number of thiophene rings is 1. The second kappa shape index (κ2) is 9.79. The van der Waals surface area contributed by atoms with Crippen molar-refractivity contribution in [1.29, 1.82) is 5.41 Å². The molecule has 6 nitrogen and oxygen atoms in total. The number of hydrogen-bond acceptors (Lipinski definition) is 6. The summed E-state index contributed by atoms with van der Waals surface area (Å²) < 4.78 is 4.55. The van der Waals surface area contributed by atoms with Gasteiger partial charge in [-0.25, -0.2) is 0 Å². The summed E-state index contributed by atoms with van der Waals surface area (Å²) >= 11 is 1.52. The molecule has 8 heteroatoms. The monoisotopic (exact) mass is 593 g/mol. The number of nitrogen functional groups attached to an aromatic ring is 1. The molecule has 0 spiro atoms. The van der Waals surface area contributed by atoms with Crippen LogP contribution in [0.5, 0.6) is 0 Å². The van der Waals surface area contributed by atoms with Gasteiger partial charge in [-0.3, -0.25) is 0 Å². The van der Waals surface area contributed by atoms with Crippen LogP contribution < -0.4 is 32.3 Å². The molecule has 0 unspecified atom stereocenters. The third-order valence-electron chi connectivity index (χ3n) is 5.55. The van der Waals surface area contributed by atoms with Crippen LogP contribution in [-0.2, 0) is 0 Å². The van der Waals surface area contributed by atoms with Gasteiger partial charge in [-0.1, -0.05) is 0 Å². The van der Waals surface area contributed by atoms with Crippen LogP contribution in [0.15, 0.2) is 68.7 Å². The number of nitrogens with one attached hydrogen (secondary N) is 3. The van der Waals surface area contributed by atoms with Gasteiger partial charge in [0.2, 0.25) is 0 Å². The molecule has 178 valence electrons. The maximum absolute atomic E-state index is 8.96. The number of nitrogens with two attached hydrogens (primary N) is 1. The molecule has 5 N–H and O–H groups in total. The first kappa shape index (κ1) is 23.5. The summed E-state index contributed by atoms with van der Waals surface area (Å²) in [5.41, 5.74) is 13.7. The molecule has 0 fully saturated rings. The van der Waals surface area contributed by atoms with Crippen molar-refractivity contribution in [1.82, 2.24) is 20.3 Å². The Kier molecular flexibility index (Phi) is 6.57. The molecule has 1 aliphatic rings. The van der Waals surface area contributed by atoms with Crippen molar-refractivity contribution in [2.24, 2.45) is 0 Å². The molecule has 1 aromatic carbocycles. The summed E-state index contributed by atoms with van der Waals surface area (Å²) in [5.74, 6) is 0.480. The van der Waals surface area contributed by atoms with Crippen molar-refractivity contribution in [2.45, 2.75) is 26.8 Å². The Labute approximate surface area is 218 Å². The molecular formula is C27H26IN6S-. The van der Waals surface area contributed by atoms with Crippen LogP contribution in [0.4, 0.5) is 5.69 Å². The van der Waals surface area contributed by atoms with E-state index in [4.69, 9.17) is 16.1 Å². The van der Waals surface area contributed by atoms with Crippen LogP contribution in [0, 0.1) is 12.3 Å². The zero-order valence-corrected chi connectivity index (χ0v) is 22.7. The van der Waals surface area contributed by atoms with E-state index in [-0.39, 0.29) is 26.9 Å². The summed E-state index contributed by atoms with van der Waals surface area (Å²) in [7, 11) is 0. The fraction of sp³-hybridized carbons (Fsp3) is 0.148. The van der Waals surface area contributed by atoms with E-state index in [1.807, 2.05) is 24.4 Å². The third kappa shape index (κ3) is 4.94. The standard InChI is InChI=1S/C27H26IN6S/c1-15(2)32-19-8-9-28-12-18(10-19)17-5-6-22(29)20(11-17)25(30)27-33-23-14-31-13-21(26(23)34-27)24-7-4-16(3)35-24/h4-15,30,32H,29H2,1-3H3,(H,33,34)/q-1. The van der Waals surface area contributed by atoms with Crippen molar-refractivity contribution >= 4 is 39.3 Å².